The zero-order chi connectivity index (χ0) is 24.4. The van der Waals surface area contributed by atoms with Gasteiger partial charge in [0.25, 0.3) is 0 Å². The Morgan fingerprint density at radius 3 is 2.86 bits per heavy atom. The van der Waals surface area contributed by atoms with Crippen molar-refractivity contribution in [1.29, 1.82) is 0 Å². The zero-order valence-electron chi connectivity index (χ0n) is 21.0. The van der Waals surface area contributed by atoms with Gasteiger partial charge in [0.2, 0.25) is 5.95 Å². The predicted octanol–water partition coefficient (Wildman–Crippen LogP) is 5.12. The van der Waals surface area contributed by atoms with Crippen molar-refractivity contribution < 1.29 is 4.74 Å². The van der Waals surface area contributed by atoms with Crippen LogP contribution in [0.1, 0.15) is 30.0 Å². The molecule has 0 atom stereocenters. The van der Waals surface area contributed by atoms with Crippen molar-refractivity contribution in [3.05, 3.63) is 54.2 Å². The first-order chi connectivity index (χ1) is 16.9. The maximum absolute atomic E-state index is 5.96. The van der Waals surface area contributed by atoms with E-state index in [1.807, 2.05) is 30.4 Å². The van der Waals surface area contributed by atoms with E-state index in [4.69, 9.17) is 9.72 Å². The second kappa shape index (κ2) is 9.78. The number of H-pyrrole nitrogens is 1. The molecule has 0 radical (unpaired) electrons. The second-order valence-corrected chi connectivity index (χ2v) is 16.2. The molecule has 5 rings (SSSR count). The summed E-state index contributed by atoms with van der Waals surface area (Å²) >= 11 is 0. The summed E-state index contributed by atoms with van der Waals surface area (Å²) < 4.78 is 8.08. The number of nitrogens with zero attached hydrogens (tertiary/aromatic N) is 6. The van der Waals surface area contributed by atoms with Crippen LogP contribution >= 0.6 is 0 Å². The standard InChI is InChI=1S/C25H34N8OSi/c1-32(25-27-9-7-23(29-25)28-24-13-21(30-31-24)18-5-6-18)16-19-14-26-15-22-20(19)8-10-33(22)17-34-11-12-35(2,3)4/h7-10,13-15,18H,5-6,11-12,16-17H2,1-4H3,(H2,27,28,29,30,31). The van der Waals surface area contributed by atoms with Crippen LogP contribution in [0.15, 0.2) is 43.0 Å². The number of ether oxygens (including phenoxy) is 1. The molecule has 1 aliphatic rings. The van der Waals surface area contributed by atoms with Gasteiger partial charge in [-0.25, -0.2) is 4.98 Å². The Kier molecular flexibility index (Phi) is 6.57. The van der Waals surface area contributed by atoms with Crippen LogP contribution in [-0.4, -0.2) is 51.4 Å². The first-order valence-electron chi connectivity index (χ1n) is 12.2. The van der Waals surface area contributed by atoms with Crippen molar-refractivity contribution in [1.82, 2.24) is 29.7 Å². The van der Waals surface area contributed by atoms with Gasteiger partial charge in [0, 0.05) is 69.9 Å². The SMILES string of the molecule is CN(Cc1cncc2c1ccn2COCC[Si](C)(C)C)c1nccc(Nc2cc(C3CC3)[nH]n2)n1. The Morgan fingerprint density at radius 1 is 1.20 bits per heavy atom. The summed E-state index contributed by atoms with van der Waals surface area (Å²) in [6.45, 7) is 9.08. The average Bonchev–Trinajstić information content (AvgIpc) is 3.43. The van der Waals surface area contributed by atoms with Gasteiger partial charge in [0.15, 0.2) is 5.82 Å². The fourth-order valence-corrected chi connectivity index (χ4v) is 4.77. The molecular weight excluding hydrogens is 456 g/mol. The van der Waals surface area contributed by atoms with Gasteiger partial charge in [0.1, 0.15) is 12.5 Å². The van der Waals surface area contributed by atoms with Gasteiger partial charge in [-0.1, -0.05) is 19.6 Å². The smallest absolute Gasteiger partial charge is 0.227 e. The van der Waals surface area contributed by atoms with Crippen LogP contribution in [-0.2, 0) is 18.0 Å². The Balaban J connectivity index is 1.25. The van der Waals surface area contributed by atoms with Gasteiger partial charge in [-0.05, 0) is 36.6 Å². The first kappa shape index (κ1) is 23.5. The van der Waals surface area contributed by atoms with E-state index in [0.29, 0.717) is 31.0 Å². The summed E-state index contributed by atoms with van der Waals surface area (Å²) in [6, 6.07) is 7.22. The molecule has 0 spiro atoms. The minimum Gasteiger partial charge on any atom is -0.361 e. The molecule has 0 unspecified atom stereocenters. The lowest BCUT2D eigenvalue weighted by Crippen LogP contribution is -2.22. The van der Waals surface area contributed by atoms with Crippen LogP contribution in [0.5, 0.6) is 0 Å². The highest BCUT2D eigenvalue weighted by Gasteiger charge is 2.25. The number of hydrogen-bond donors (Lipinski definition) is 2. The summed E-state index contributed by atoms with van der Waals surface area (Å²) in [4.78, 5) is 15.7. The number of anilines is 3. The molecule has 4 heterocycles. The van der Waals surface area contributed by atoms with Gasteiger partial charge in [0.05, 0.1) is 11.7 Å². The van der Waals surface area contributed by atoms with Gasteiger partial charge in [-0.3, -0.25) is 10.1 Å². The minimum absolute atomic E-state index is 0.543. The Bertz CT molecular complexity index is 1290. The highest BCUT2D eigenvalue weighted by molar-refractivity contribution is 6.76. The van der Waals surface area contributed by atoms with Gasteiger partial charge < -0.3 is 19.5 Å². The number of fused-ring (bicyclic) bond motifs is 1. The third-order valence-electron chi connectivity index (χ3n) is 6.27. The number of aromatic amines is 1. The molecule has 2 N–H and O–H groups in total. The summed E-state index contributed by atoms with van der Waals surface area (Å²) in [5.74, 6) is 2.77. The molecule has 10 heteroatoms. The molecule has 0 saturated heterocycles. The van der Waals surface area contributed by atoms with E-state index in [-0.39, 0.29) is 0 Å². The third kappa shape index (κ3) is 5.88. The minimum atomic E-state index is -1.09. The molecule has 0 bridgehead atoms. The van der Waals surface area contributed by atoms with Crippen molar-refractivity contribution in [2.75, 3.05) is 23.9 Å². The molecule has 35 heavy (non-hydrogen) atoms. The molecule has 1 saturated carbocycles. The van der Waals surface area contributed by atoms with E-state index in [0.717, 1.165) is 29.5 Å². The lowest BCUT2D eigenvalue weighted by molar-refractivity contribution is 0.0902. The number of hydrogen-bond acceptors (Lipinski definition) is 7. The highest BCUT2D eigenvalue weighted by atomic mass is 28.3. The van der Waals surface area contributed by atoms with E-state index in [1.54, 1.807) is 6.20 Å². The van der Waals surface area contributed by atoms with Crippen LogP contribution in [0, 0.1) is 0 Å². The quantitative estimate of drug-likeness (QED) is 0.222. The topological polar surface area (TPSA) is 96.8 Å². The molecule has 1 aliphatic carbocycles. The predicted molar refractivity (Wildman–Crippen MR) is 142 cm³/mol. The molecule has 4 aromatic rings. The van der Waals surface area contributed by atoms with Crippen LogP contribution in [0.4, 0.5) is 17.6 Å². The molecule has 184 valence electrons. The summed E-state index contributed by atoms with van der Waals surface area (Å²) in [5.41, 5.74) is 3.38. The molecule has 4 aromatic heterocycles. The molecule has 9 nitrogen and oxygen atoms in total. The van der Waals surface area contributed by atoms with E-state index in [9.17, 15) is 0 Å². The first-order valence-corrected chi connectivity index (χ1v) is 15.9. The van der Waals surface area contributed by atoms with Crippen molar-refractivity contribution in [3.63, 3.8) is 0 Å². The van der Waals surface area contributed by atoms with Crippen molar-refractivity contribution in [2.45, 2.75) is 57.7 Å². The van der Waals surface area contributed by atoms with E-state index in [2.05, 4.69) is 68.0 Å². The normalized spacial score (nSPS) is 13.9. The lowest BCUT2D eigenvalue weighted by atomic mass is 10.2. The number of rotatable bonds is 11. The van der Waals surface area contributed by atoms with Gasteiger partial charge >= 0.3 is 0 Å². The number of aromatic nitrogens is 6. The zero-order valence-corrected chi connectivity index (χ0v) is 22.0. The Labute approximate surface area is 207 Å². The van der Waals surface area contributed by atoms with Crippen molar-refractivity contribution in [2.24, 2.45) is 0 Å². The van der Waals surface area contributed by atoms with Crippen LogP contribution in [0.3, 0.4) is 0 Å². The van der Waals surface area contributed by atoms with Crippen molar-refractivity contribution >= 4 is 36.6 Å². The Hall–Kier alpha value is -3.24. The molecular formula is C25H34N8OSi. The van der Waals surface area contributed by atoms with E-state index < -0.39 is 8.07 Å². The maximum Gasteiger partial charge on any atom is 0.227 e. The van der Waals surface area contributed by atoms with E-state index >= 15 is 0 Å². The summed E-state index contributed by atoms with van der Waals surface area (Å²) in [7, 11) is 0.901. The lowest BCUT2D eigenvalue weighted by Gasteiger charge is -2.18. The monoisotopic (exact) mass is 490 g/mol. The van der Waals surface area contributed by atoms with Gasteiger partial charge in [-0.15, -0.1) is 0 Å². The molecule has 0 aromatic carbocycles. The van der Waals surface area contributed by atoms with Crippen molar-refractivity contribution in [3.8, 4) is 0 Å². The average molecular weight is 491 g/mol. The number of nitrogens with one attached hydrogen (secondary N) is 2. The molecule has 0 aliphatic heterocycles. The Morgan fingerprint density at radius 2 is 2.06 bits per heavy atom. The van der Waals surface area contributed by atoms with Crippen LogP contribution in [0.25, 0.3) is 10.9 Å². The van der Waals surface area contributed by atoms with E-state index in [1.165, 1.54) is 23.9 Å². The number of pyridine rings is 1. The molecule has 1 fully saturated rings. The highest BCUT2D eigenvalue weighted by Crippen LogP contribution is 2.39. The van der Waals surface area contributed by atoms with Crippen LogP contribution in [0.2, 0.25) is 25.7 Å². The third-order valence-corrected chi connectivity index (χ3v) is 7.97. The van der Waals surface area contributed by atoms with Gasteiger partial charge in [-0.2, -0.15) is 10.1 Å². The fraction of sp³-hybridized carbons (Fsp3) is 0.440. The largest absolute Gasteiger partial charge is 0.361 e. The van der Waals surface area contributed by atoms with Crippen LogP contribution < -0.4 is 10.2 Å². The maximum atomic E-state index is 5.96. The fourth-order valence-electron chi connectivity index (χ4n) is 4.01. The second-order valence-electron chi connectivity index (χ2n) is 10.6. The molecule has 0 amide bonds. The summed E-state index contributed by atoms with van der Waals surface area (Å²) in [5, 5.41) is 11.9. The summed E-state index contributed by atoms with van der Waals surface area (Å²) in [6.07, 6.45) is 10.1.